The Morgan fingerprint density at radius 1 is 0.915 bits per heavy atom. The fourth-order valence-corrected chi connectivity index (χ4v) is 12.2. The van der Waals surface area contributed by atoms with E-state index in [0.29, 0.717) is 18.3 Å². The number of allylic oxidation sites excluding steroid dienone is 4. The zero-order chi connectivity index (χ0) is 34.4. The summed E-state index contributed by atoms with van der Waals surface area (Å²) in [7, 11) is -5.76. The Labute approximate surface area is 278 Å². The van der Waals surface area contributed by atoms with Gasteiger partial charge < -0.3 is 8.92 Å². The van der Waals surface area contributed by atoms with Gasteiger partial charge in [0.15, 0.2) is 0 Å². The molecule has 0 bridgehead atoms. The first-order valence-electron chi connectivity index (χ1n) is 17.4. The van der Waals surface area contributed by atoms with Crippen molar-refractivity contribution < 1.29 is 35.3 Å². The zero-order valence-electron chi connectivity index (χ0n) is 28.9. The van der Waals surface area contributed by atoms with Gasteiger partial charge >= 0.3 is 21.6 Å². The molecule has 5 aliphatic rings. The molecule has 5 aliphatic carbocycles. The van der Waals surface area contributed by atoms with E-state index >= 15 is 0 Å². The predicted molar refractivity (Wildman–Crippen MR) is 175 cm³/mol. The first-order valence-corrected chi connectivity index (χ1v) is 18.8. The van der Waals surface area contributed by atoms with Gasteiger partial charge in [0.2, 0.25) is 0 Å². The van der Waals surface area contributed by atoms with E-state index in [2.05, 4.69) is 40.7 Å². The monoisotopic (exact) mass is 676 g/mol. The molecule has 47 heavy (non-hydrogen) atoms. The van der Waals surface area contributed by atoms with Crippen molar-refractivity contribution in [3.63, 3.8) is 0 Å². The van der Waals surface area contributed by atoms with Crippen molar-refractivity contribution in [3.8, 4) is 0 Å². The van der Waals surface area contributed by atoms with Crippen LogP contribution in [0, 0.1) is 56.7 Å². The van der Waals surface area contributed by atoms with Crippen LogP contribution in [0.2, 0.25) is 0 Å². The number of ether oxygens (including phenoxy) is 1. The molecule has 260 valence electrons. The fraction of sp³-hybridized carbons (Fsp3) is 0.711. The van der Waals surface area contributed by atoms with Crippen molar-refractivity contribution in [2.75, 3.05) is 0 Å². The van der Waals surface area contributed by atoms with Gasteiger partial charge in [-0.15, -0.1) is 0 Å². The number of hydrogen-bond acceptors (Lipinski definition) is 5. The highest BCUT2D eigenvalue weighted by molar-refractivity contribution is 7.87. The molecule has 3 saturated carbocycles. The minimum absolute atomic E-state index is 0.0562. The lowest BCUT2D eigenvalue weighted by molar-refractivity contribution is -0.186. The van der Waals surface area contributed by atoms with E-state index in [-0.39, 0.29) is 52.3 Å². The predicted octanol–water partition coefficient (Wildman–Crippen LogP) is 9.75. The Bertz CT molecular complexity index is 1580. The topological polar surface area (TPSA) is 69.7 Å². The molecule has 0 saturated heterocycles. The summed E-state index contributed by atoms with van der Waals surface area (Å²) in [5.74, 6) is 0.890. The second-order valence-electron chi connectivity index (χ2n) is 16.8. The maximum absolute atomic E-state index is 14.2. The summed E-state index contributed by atoms with van der Waals surface area (Å²) in [6.07, 6.45) is 10.4. The van der Waals surface area contributed by atoms with Gasteiger partial charge in [0, 0.05) is 5.41 Å². The lowest BCUT2D eigenvalue weighted by Gasteiger charge is -2.70. The molecule has 0 radical (unpaired) electrons. The van der Waals surface area contributed by atoms with Crippen LogP contribution in [-0.2, 0) is 30.4 Å². The van der Waals surface area contributed by atoms with Crippen LogP contribution < -0.4 is 0 Å². The van der Waals surface area contributed by atoms with Crippen LogP contribution in [-0.4, -0.2) is 19.9 Å². The number of fused-ring (bicyclic) bond motifs is 7. The molecule has 9 heteroatoms. The maximum atomic E-state index is 14.2. The average molecular weight is 677 g/mol. The number of carbonyl (C=O) groups is 1. The van der Waals surface area contributed by atoms with E-state index in [0.717, 1.165) is 50.5 Å². The number of hydrogen-bond donors (Lipinski definition) is 0. The van der Waals surface area contributed by atoms with Crippen molar-refractivity contribution in [1.82, 2.24) is 0 Å². The van der Waals surface area contributed by atoms with Crippen molar-refractivity contribution >= 4 is 16.1 Å². The van der Waals surface area contributed by atoms with Gasteiger partial charge in [-0.05, 0) is 109 Å². The summed E-state index contributed by atoms with van der Waals surface area (Å²) in [4.78, 5) is 14.2. The minimum Gasteiger partial charge on any atom is -0.460 e. The molecular formula is C38H51F3O5S. The Morgan fingerprint density at radius 3 is 2.26 bits per heavy atom. The third kappa shape index (κ3) is 4.97. The Balaban J connectivity index is 1.35. The van der Waals surface area contributed by atoms with Crippen LogP contribution in [0.5, 0.6) is 0 Å². The standard InChI is InChI=1S/C38H51F3O5S/c1-24-15-20-37(32(42)45-23-26-11-9-8-10-12-26)22-21-35(6)27(31(37)25(24)2)13-14-29-34(5)18-17-30(46-47(43,44)38(39,40)41)33(3,4)28(34)16-19-36(29,35)7/h8-13,17,24-25,28-29,31H,14-16,18-23H2,1-7H3/t24-,25+,28+,29-,31+,34+,35-,36-,37+/m1/s1. The van der Waals surface area contributed by atoms with E-state index in [1.807, 2.05) is 44.2 Å². The molecule has 0 amide bonds. The lowest BCUT2D eigenvalue weighted by atomic mass is 9.34. The van der Waals surface area contributed by atoms with E-state index in [1.165, 1.54) is 5.57 Å². The van der Waals surface area contributed by atoms with Crippen molar-refractivity contribution in [1.29, 1.82) is 0 Å². The summed E-state index contributed by atoms with van der Waals surface area (Å²) >= 11 is 0. The summed E-state index contributed by atoms with van der Waals surface area (Å²) in [5.41, 5.74) is -5.07. The largest absolute Gasteiger partial charge is 0.534 e. The van der Waals surface area contributed by atoms with Gasteiger partial charge in [-0.1, -0.05) is 90.4 Å². The molecule has 0 N–H and O–H groups in total. The maximum Gasteiger partial charge on any atom is 0.534 e. The Morgan fingerprint density at radius 2 is 1.60 bits per heavy atom. The van der Waals surface area contributed by atoms with Gasteiger partial charge in [0.1, 0.15) is 12.4 Å². The highest BCUT2D eigenvalue weighted by Gasteiger charge is 2.69. The van der Waals surface area contributed by atoms with Gasteiger partial charge in [-0.25, -0.2) is 0 Å². The first kappa shape index (κ1) is 34.6. The van der Waals surface area contributed by atoms with E-state index in [4.69, 9.17) is 8.92 Å². The molecule has 0 unspecified atom stereocenters. The highest BCUT2D eigenvalue weighted by atomic mass is 32.2. The number of alkyl halides is 3. The van der Waals surface area contributed by atoms with E-state index in [1.54, 1.807) is 6.08 Å². The molecule has 5 nitrogen and oxygen atoms in total. The van der Waals surface area contributed by atoms with Gasteiger partial charge in [0.25, 0.3) is 0 Å². The van der Waals surface area contributed by atoms with Crippen molar-refractivity contribution in [2.24, 2.45) is 56.7 Å². The molecular weight excluding hydrogens is 625 g/mol. The molecule has 0 aromatic heterocycles. The van der Waals surface area contributed by atoms with Crippen LogP contribution in [0.3, 0.4) is 0 Å². The molecule has 6 rings (SSSR count). The molecule has 0 heterocycles. The third-order valence-corrected chi connectivity index (χ3v) is 15.6. The third-order valence-electron chi connectivity index (χ3n) is 14.6. The molecule has 9 atom stereocenters. The SMILES string of the molecule is C[C@H]1[C@H](C)CC[C@]2(C(=O)OCc3ccccc3)CC[C@]3(C)C(=CC[C@@H]4[C@@]5(C)CC=C(OS(=O)(=O)C(F)(F)F)C(C)(C)[C@@H]5CC[C@]43C)[C@H]12. The van der Waals surface area contributed by atoms with Gasteiger partial charge in [-0.2, -0.15) is 21.6 Å². The normalized spacial score (nSPS) is 41.2. The number of benzene rings is 1. The van der Waals surface area contributed by atoms with Crippen molar-refractivity contribution in [2.45, 2.75) is 112 Å². The second-order valence-corrected chi connectivity index (χ2v) is 18.4. The summed E-state index contributed by atoms with van der Waals surface area (Å²) < 4.78 is 75.0. The molecule has 1 aromatic rings. The first-order chi connectivity index (χ1) is 21.7. The number of rotatable bonds is 5. The zero-order valence-corrected chi connectivity index (χ0v) is 29.7. The number of halogens is 3. The van der Waals surface area contributed by atoms with Crippen LogP contribution in [0.4, 0.5) is 13.2 Å². The highest BCUT2D eigenvalue weighted by Crippen LogP contribution is 2.76. The minimum atomic E-state index is -5.76. The van der Waals surface area contributed by atoms with Gasteiger partial charge in [-0.3, -0.25) is 4.79 Å². The van der Waals surface area contributed by atoms with Crippen LogP contribution in [0.25, 0.3) is 0 Å². The summed E-state index contributed by atoms with van der Waals surface area (Å²) in [5, 5.41) is 0. The van der Waals surface area contributed by atoms with Gasteiger partial charge in [0.05, 0.1) is 5.41 Å². The number of carbonyl (C=O) groups excluding carboxylic acids is 1. The molecule has 0 aliphatic heterocycles. The average Bonchev–Trinajstić information content (AvgIpc) is 2.99. The van der Waals surface area contributed by atoms with Crippen LogP contribution >= 0.6 is 0 Å². The number of esters is 1. The molecule has 0 spiro atoms. The van der Waals surface area contributed by atoms with E-state index < -0.39 is 26.5 Å². The lowest BCUT2D eigenvalue weighted by Crippen LogP contribution is -2.64. The molecule has 1 aromatic carbocycles. The van der Waals surface area contributed by atoms with Crippen LogP contribution in [0.1, 0.15) is 105 Å². The summed E-state index contributed by atoms with van der Waals surface area (Å²) in [6, 6.07) is 9.85. The summed E-state index contributed by atoms with van der Waals surface area (Å²) in [6.45, 7) is 15.7. The fourth-order valence-electron chi connectivity index (χ4n) is 11.6. The quantitative estimate of drug-likeness (QED) is 0.134. The Kier molecular flexibility index (Phi) is 8.17. The Hall–Kier alpha value is -2.29. The van der Waals surface area contributed by atoms with Crippen LogP contribution in [0.15, 0.2) is 53.8 Å². The smallest absolute Gasteiger partial charge is 0.460 e. The second kappa shape index (κ2) is 11.1. The molecule has 3 fully saturated rings. The van der Waals surface area contributed by atoms with E-state index in [9.17, 15) is 26.4 Å². The van der Waals surface area contributed by atoms with Crippen molar-refractivity contribution in [3.05, 3.63) is 59.4 Å².